The fourth-order valence-electron chi connectivity index (χ4n) is 2.57. The molecule has 0 saturated heterocycles. The molecular formula is C20H16ClF4N3O3. The number of nitrogens with zero attached hydrogens (tertiary/aromatic N) is 3. The third-order valence-corrected chi connectivity index (χ3v) is 4.48. The van der Waals surface area contributed by atoms with Gasteiger partial charge in [-0.3, -0.25) is 4.57 Å². The molecule has 0 aliphatic heterocycles. The molecular weight excluding hydrogens is 442 g/mol. The number of pyridine rings is 1. The Morgan fingerprint density at radius 3 is 2.61 bits per heavy atom. The summed E-state index contributed by atoms with van der Waals surface area (Å²) in [7, 11) is 0. The second-order valence-electron chi connectivity index (χ2n) is 6.31. The molecule has 0 unspecified atom stereocenters. The molecule has 2 heterocycles. The SMILES string of the molecule is CCn1cc(F)c(OCCc2ccc(Oc3ccc(Cl)c(C(F)(F)F)c3)nc2)nc1=O. The minimum Gasteiger partial charge on any atom is -0.475 e. The van der Waals surface area contributed by atoms with Crippen molar-refractivity contribution in [1.82, 2.24) is 14.5 Å². The normalized spacial score (nSPS) is 11.4. The standard InChI is InChI=1S/C20H16ClF4N3O3/c1-2-28-11-16(22)18(27-19(28)29)30-8-7-12-3-6-17(26-10-12)31-13-4-5-15(21)14(9-13)20(23,24)25/h3-6,9-11H,2,7-8H2,1H3. The van der Waals surface area contributed by atoms with Crippen LogP contribution in [0.15, 0.2) is 47.5 Å². The van der Waals surface area contributed by atoms with Gasteiger partial charge in [-0.2, -0.15) is 22.5 Å². The first-order valence-corrected chi connectivity index (χ1v) is 9.44. The number of hydrogen-bond donors (Lipinski definition) is 0. The Bertz CT molecular complexity index is 1120. The highest BCUT2D eigenvalue weighted by atomic mass is 35.5. The highest BCUT2D eigenvalue weighted by molar-refractivity contribution is 6.31. The minimum absolute atomic E-state index is 0.0352. The smallest absolute Gasteiger partial charge is 0.417 e. The van der Waals surface area contributed by atoms with E-state index < -0.39 is 28.3 Å². The largest absolute Gasteiger partial charge is 0.475 e. The highest BCUT2D eigenvalue weighted by Gasteiger charge is 2.33. The molecule has 0 radical (unpaired) electrons. The highest BCUT2D eigenvalue weighted by Crippen LogP contribution is 2.37. The lowest BCUT2D eigenvalue weighted by atomic mass is 10.2. The van der Waals surface area contributed by atoms with Crippen molar-refractivity contribution < 1.29 is 27.0 Å². The van der Waals surface area contributed by atoms with E-state index in [1.807, 2.05) is 0 Å². The molecule has 11 heteroatoms. The van der Waals surface area contributed by atoms with Gasteiger partial charge in [0.1, 0.15) is 5.75 Å². The van der Waals surface area contributed by atoms with Crippen LogP contribution >= 0.6 is 11.6 Å². The topological polar surface area (TPSA) is 66.2 Å². The number of benzene rings is 1. The van der Waals surface area contributed by atoms with Gasteiger partial charge >= 0.3 is 11.9 Å². The molecule has 164 valence electrons. The van der Waals surface area contributed by atoms with E-state index in [-0.39, 0.29) is 30.7 Å². The summed E-state index contributed by atoms with van der Waals surface area (Å²) in [5.41, 5.74) is -0.924. The van der Waals surface area contributed by atoms with Gasteiger partial charge in [0, 0.05) is 25.2 Å². The van der Waals surface area contributed by atoms with E-state index in [0.29, 0.717) is 12.0 Å². The molecule has 0 bridgehead atoms. The summed E-state index contributed by atoms with van der Waals surface area (Å²) in [5, 5.41) is -0.430. The Morgan fingerprint density at radius 1 is 1.19 bits per heavy atom. The molecule has 0 aliphatic carbocycles. The number of aryl methyl sites for hydroxylation is 1. The van der Waals surface area contributed by atoms with Gasteiger partial charge in [-0.15, -0.1) is 0 Å². The summed E-state index contributed by atoms with van der Waals surface area (Å²) in [5.74, 6) is -1.12. The molecule has 2 aromatic heterocycles. The summed E-state index contributed by atoms with van der Waals surface area (Å²) in [6.07, 6.45) is -1.81. The van der Waals surface area contributed by atoms with Crippen LogP contribution in [0.2, 0.25) is 5.02 Å². The first kappa shape index (κ1) is 22.5. The molecule has 0 aliphatic rings. The Labute approximate surface area is 179 Å². The van der Waals surface area contributed by atoms with E-state index in [1.54, 1.807) is 13.0 Å². The summed E-state index contributed by atoms with van der Waals surface area (Å²) in [6.45, 7) is 2.01. The number of ether oxygens (including phenoxy) is 2. The zero-order chi connectivity index (χ0) is 22.6. The summed E-state index contributed by atoms with van der Waals surface area (Å²) < 4.78 is 64.4. The number of hydrogen-bond acceptors (Lipinski definition) is 5. The molecule has 31 heavy (non-hydrogen) atoms. The van der Waals surface area contributed by atoms with Gasteiger partial charge in [0.15, 0.2) is 0 Å². The van der Waals surface area contributed by atoms with Gasteiger partial charge in [0.05, 0.1) is 23.4 Å². The molecule has 0 saturated carbocycles. The van der Waals surface area contributed by atoms with Gasteiger partial charge in [0.2, 0.25) is 11.7 Å². The van der Waals surface area contributed by atoms with E-state index in [0.717, 1.165) is 22.9 Å². The molecule has 0 fully saturated rings. The quantitative estimate of drug-likeness (QED) is 0.473. The van der Waals surface area contributed by atoms with Gasteiger partial charge in [-0.25, -0.2) is 9.78 Å². The fourth-order valence-corrected chi connectivity index (χ4v) is 2.79. The predicted molar refractivity (Wildman–Crippen MR) is 104 cm³/mol. The van der Waals surface area contributed by atoms with Crippen LogP contribution in [0, 0.1) is 5.82 Å². The molecule has 1 aromatic carbocycles. The molecule has 0 atom stereocenters. The van der Waals surface area contributed by atoms with Crippen molar-refractivity contribution in [3.63, 3.8) is 0 Å². The van der Waals surface area contributed by atoms with E-state index in [9.17, 15) is 22.4 Å². The van der Waals surface area contributed by atoms with E-state index >= 15 is 0 Å². The van der Waals surface area contributed by atoms with Gasteiger partial charge in [-0.1, -0.05) is 17.7 Å². The van der Waals surface area contributed by atoms with Crippen LogP contribution in [-0.4, -0.2) is 21.1 Å². The van der Waals surface area contributed by atoms with Gasteiger partial charge < -0.3 is 9.47 Å². The maximum atomic E-state index is 13.9. The van der Waals surface area contributed by atoms with Crippen molar-refractivity contribution in [2.75, 3.05) is 6.61 Å². The first-order valence-electron chi connectivity index (χ1n) is 9.06. The molecule has 0 N–H and O–H groups in total. The minimum atomic E-state index is -4.61. The Kier molecular flexibility index (Phi) is 6.79. The third-order valence-electron chi connectivity index (χ3n) is 4.15. The van der Waals surface area contributed by atoms with E-state index in [4.69, 9.17) is 21.1 Å². The van der Waals surface area contributed by atoms with E-state index in [2.05, 4.69) is 9.97 Å². The lowest BCUT2D eigenvalue weighted by molar-refractivity contribution is -0.137. The van der Waals surface area contributed by atoms with Crippen molar-refractivity contribution >= 4 is 11.6 Å². The Hall–Kier alpha value is -3.14. The van der Waals surface area contributed by atoms with Crippen LogP contribution in [0.25, 0.3) is 0 Å². The van der Waals surface area contributed by atoms with E-state index in [1.165, 1.54) is 18.3 Å². The zero-order valence-electron chi connectivity index (χ0n) is 16.1. The molecule has 6 nitrogen and oxygen atoms in total. The second-order valence-corrected chi connectivity index (χ2v) is 6.71. The summed E-state index contributed by atoms with van der Waals surface area (Å²) >= 11 is 5.58. The van der Waals surface area contributed by atoms with Crippen LogP contribution in [0.3, 0.4) is 0 Å². The van der Waals surface area contributed by atoms with Crippen molar-refractivity contribution in [3.05, 3.63) is 75.2 Å². The number of rotatable bonds is 7. The Morgan fingerprint density at radius 2 is 1.97 bits per heavy atom. The average Bonchev–Trinajstić information content (AvgIpc) is 2.72. The average molecular weight is 458 g/mol. The Balaban J connectivity index is 1.60. The van der Waals surface area contributed by atoms with Crippen LogP contribution in [-0.2, 0) is 19.1 Å². The zero-order valence-corrected chi connectivity index (χ0v) is 16.9. The molecule has 0 amide bonds. The van der Waals surface area contributed by atoms with Crippen molar-refractivity contribution in [2.45, 2.75) is 26.1 Å². The van der Waals surface area contributed by atoms with Crippen molar-refractivity contribution in [2.24, 2.45) is 0 Å². The third kappa shape index (κ3) is 5.72. The van der Waals surface area contributed by atoms with Crippen LogP contribution < -0.4 is 15.2 Å². The summed E-state index contributed by atoms with van der Waals surface area (Å²) in [4.78, 5) is 19.2. The van der Waals surface area contributed by atoms with Crippen LogP contribution in [0.4, 0.5) is 17.6 Å². The van der Waals surface area contributed by atoms with Crippen LogP contribution in [0.1, 0.15) is 18.1 Å². The van der Waals surface area contributed by atoms with Crippen molar-refractivity contribution in [3.8, 4) is 17.5 Å². The molecule has 3 aromatic rings. The lowest BCUT2D eigenvalue weighted by Crippen LogP contribution is -2.23. The summed E-state index contributed by atoms with van der Waals surface area (Å²) in [6, 6.07) is 6.29. The first-order chi connectivity index (χ1) is 14.7. The maximum Gasteiger partial charge on any atom is 0.417 e. The lowest BCUT2D eigenvalue weighted by Gasteiger charge is -2.11. The van der Waals surface area contributed by atoms with Crippen LogP contribution in [0.5, 0.6) is 17.5 Å². The monoisotopic (exact) mass is 457 g/mol. The number of alkyl halides is 3. The number of halogens is 5. The second kappa shape index (κ2) is 9.34. The predicted octanol–water partition coefficient (Wildman–Crippen LogP) is 4.88. The number of aromatic nitrogens is 3. The maximum absolute atomic E-state index is 13.9. The van der Waals surface area contributed by atoms with Crippen molar-refractivity contribution in [1.29, 1.82) is 0 Å². The fraction of sp³-hybridized carbons (Fsp3) is 0.250. The van der Waals surface area contributed by atoms with Gasteiger partial charge in [-0.05, 0) is 30.7 Å². The van der Waals surface area contributed by atoms with Gasteiger partial charge in [0.25, 0.3) is 5.88 Å². The molecule has 3 rings (SSSR count). The molecule has 0 spiro atoms.